The SMILES string of the molecule is Brc1ccc(Nc2ccc3c(c2)CCO3)nc1. The molecule has 0 saturated heterocycles. The van der Waals surface area contributed by atoms with Crippen molar-refractivity contribution in [1.82, 2.24) is 4.98 Å². The minimum absolute atomic E-state index is 0.787. The number of halogens is 1. The summed E-state index contributed by atoms with van der Waals surface area (Å²) in [5.74, 6) is 1.84. The molecule has 0 atom stereocenters. The highest BCUT2D eigenvalue weighted by atomic mass is 79.9. The highest BCUT2D eigenvalue weighted by Crippen LogP contribution is 2.28. The standard InChI is InChI=1S/C13H11BrN2O/c14-10-1-4-13(15-8-10)16-11-2-3-12-9(7-11)5-6-17-12/h1-4,7-8H,5-6H2,(H,15,16). The van der Waals surface area contributed by atoms with E-state index in [4.69, 9.17) is 4.74 Å². The number of anilines is 2. The Balaban J connectivity index is 1.83. The van der Waals surface area contributed by atoms with Gasteiger partial charge in [-0.05, 0) is 51.8 Å². The Labute approximate surface area is 108 Å². The fraction of sp³-hybridized carbons (Fsp3) is 0.154. The molecule has 86 valence electrons. The van der Waals surface area contributed by atoms with Crippen LogP contribution in [0.15, 0.2) is 41.0 Å². The summed E-state index contributed by atoms with van der Waals surface area (Å²) in [6.07, 6.45) is 2.76. The van der Waals surface area contributed by atoms with Gasteiger partial charge in [-0.3, -0.25) is 0 Å². The van der Waals surface area contributed by atoms with Crippen LogP contribution >= 0.6 is 15.9 Å². The van der Waals surface area contributed by atoms with Gasteiger partial charge in [-0.15, -0.1) is 0 Å². The van der Waals surface area contributed by atoms with Gasteiger partial charge in [-0.25, -0.2) is 4.98 Å². The summed E-state index contributed by atoms with van der Waals surface area (Å²) in [6, 6.07) is 10.0. The van der Waals surface area contributed by atoms with Crippen LogP contribution in [0.5, 0.6) is 5.75 Å². The zero-order valence-corrected chi connectivity index (χ0v) is 10.7. The molecule has 0 bridgehead atoms. The second-order valence-corrected chi connectivity index (χ2v) is 4.82. The summed E-state index contributed by atoms with van der Waals surface area (Å²) in [6.45, 7) is 0.787. The van der Waals surface area contributed by atoms with Gasteiger partial charge in [0.05, 0.1) is 6.61 Å². The van der Waals surface area contributed by atoms with Crippen LogP contribution in [-0.2, 0) is 6.42 Å². The molecule has 3 rings (SSSR count). The molecule has 1 aliphatic heterocycles. The van der Waals surface area contributed by atoms with E-state index in [0.717, 1.165) is 34.8 Å². The van der Waals surface area contributed by atoms with E-state index in [1.165, 1.54) is 5.56 Å². The summed E-state index contributed by atoms with van der Waals surface area (Å²) < 4.78 is 6.45. The number of nitrogens with zero attached hydrogens (tertiary/aromatic N) is 1. The van der Waals surface area contributed by atoms with Crippen LogP contribution in [-0.4, -0.2) is 11.6 Å². The van der Waals surface area contributed by atoms with Crippen molar-refractivity contribution in [3.63, 3.8) is 0 Å². The lowest BCUT2D eigenvalue weighted by molar-refractivity contribution is 0.357. The Morgan fingerprint density at radius 3 is 3.00 bits per heavy atom. The molecular weight excluding hydrogens is 280 g/mol. The molecule has 4 heteroatoms. The molecule has 2 heterocycles. The van der Waals surface area contributed by atoms with Gasteiger partial charge in [0.1, 0.15) is 11.6 Å². The monoisotopic (exact) mass is 290 g/mol. The number of fused-ring (bicyclic) bond motifs is 1. The van der Waals surface area contributed by atoms with Crippen molar-refractivity contribution in [2.45, 2.75) is 6.42 Å². The maximum Gasteiger partial charge on any atom is 0.130 e. The minimum Gasteiger partial charge on any atom is -0.493 e. The van der Waals surface area contributed by atoms with Crippen LogP contribution in [0.4, 0.5) is 11.5 Å². The van der Waals surface area contributed by atoms with E-state index in [1.54, 1.807) is 6.20 Å². The Kier molecular flexibility index (Phi) is 2.73. The van der Waals surface area contributed by atoms with Crippen molar-refractivity contribution in [1.29, 1.82) is 0 Å². The Bertz CT molecular complexity index is 540. The molecule has 0 saturated carbocycles. The highest BCUT2D eigenvalue weighted by molar-refractivity contribution is 9.10. The van der Waals surface area contributed by atoms with Gasteiger partial charge in [0.2, 0.25) is 0 Å². The lowest BCUT2D eigenvalue weighted by Gasteiger charge is -2.07. The molecule has 0 spiro atoms. The first-order chi connectivity index (χ1) is 8.31. The number of rotatable bonds is 2. The Morgan fingerprint density at radius 1 is 1.24 bits per heavy atom. The number of benzene rings is 1. The van der Waals surface area contributed by atoms with Crippen LogP contribution in [0.1, 0.15) is 5.56 Å². The maximum atomic E-state index is 5.47. The van der Waals surface area contributed by atoms with Crippen LogP contribution in [0, 0.1) is 0 Å². The molecule has 0 radical (unpaired) electrons. The molecule has 1 aromatic heterocycles. The lowest BCUT2D eigenvalue weighted by atomic mass is 10.1. The van der Waals surface area contributed by atoms with E-state index in [0.29, 0.717) is 0 Å². The zero-order valence-electron chi connectivity index (χ0n) is 9.11. The second-order valence-electron chi connectivity index (χ2n) is 3.91. The molecule has 0 aliphatic carbocycles. The third-order valence-corrected chi connectivity index (χ3v) is 3.16. The summed E-state index contributed by atoms with van der Waals surface area (Å²) >= 11 is 3.36. The molecule has 1 aliphatic rings. The first-order valence-corrected chi connectivity index (χ1v) is 6.25. The average molecular weight is 291 g/mol. The van der Waals surface area contributed by atoms with Gasteiger partial charge in [-0.1, -0.05) is 0 Å². The third-order valence-electron chi connectivity index (χ3n) is 2.69. The largest absolute Gasteiger partial charge is 0.493 e. The first kappa shape index (κ1) is 10.6. The van der Waals surface area contributed by atoms with E-state index in [1.807, 2.05) is 24.3 Å². The van der Waals surface area contributed by atoms with Gasteiger partial charge in [0.15, 0.2) is 0 Å². The van der Waals surface area contributed by atoms with E-state index in [9.17, 15) is 0 Å². The van der Waals surface area contributed by atoms with Crippen LogP contribution in [0.3, 0.4) is 0 Å². The van der Waals surface area contributed by atoms with Crippen molar-refractivity contribution >= 4 is 27.4 Å². The Morgan fingerprint density at radius 2 is 2.18 bits per heavy atom. The number of ether oxygens (including phenoxy) is 1. The topological polar surface area (TPSA) is 34.1 Å². The molecule has 0 amide bonds. The number of pyridine rings is 1. The lowest BCUT2D eigenvalue weighted by Crippen LogP contribution is -1.93. The summed E-state index contributed by atoms with van der Waals surface area (Å²) in [4.78, 5) is 4.28. The van der Waals surface area contributed by atoms with Crippen molar-refractivity contribution < 1.29 is 4.74 Å². The van der Waals surface area contributed by atoms with Crippen molar-refractivity contribution in [3.05, 3.63) is 46.6 Å². The smallest absolute Gasteiger partial charge is 0.130 e. The molecular formula is C13H11BrN2O. The first-order valence-electron chi connectivity index (χ1n) is 5.45. The maximum absolute atomic E-state index is 5.47. The molecule has 0 unspecified atom stereocenters. The molecule has 17 heavy (non-hydrogen) atoms. The average Bonchev–Trinajstić information content (AvgIpc) is 2.79. The Hall–Kier alpha value is -1.55. The molecule has 3 nitrogen and oxygen atoms in total. The molecule has 0 fully saturated rings. The van der Waals surface area contributed by atoms with E-state index < -0.39 is 0 Å². The summed E-state index contributed by atoms with van der Waals surface area (Å²) in [5, 5.41) is 3.27. The summed E-state index contributed by atoms with van der Waals surface area (Å²) in [7, 11) is 0. The molecule has 2 aromatic rings. The molecule has 1 aromatic carbocycles. The van der Waals surface area contributed by atoms with E-state index >= 15 is 0 Å². The highest BCUT2D eigenvalue weighted by Gasteiger charge is 2.11. The van der Waals surface area contributed by atoms with Gasteiger partial charge in [0.25, 0.3) is 0 Å². The van der Waals surface area contributed by atoms with Gasteiger partial charge >= 0.3 is 0 Å². The summed E-state index contributed by atoms with van der Waals surface area (Å²) in [5.41, 5.74) is 2.30. The zero-order chi connectivity index (χ0) is 11.7. The third kappa shape index (κ3) is 2.26. The van der Waals surface area contributed by atoms with Gasteiger partial charge in [-0.2, -0.15) is 0 Å². The van der Waals surface area contributed by atoms with Crippen molar-refractivity contribution in [2.75, 3.05) is 11.9 Å². The van der Waals surface area contributed by atoms with Gasteiger partial charge < -0.3 is 10.1 Å². The van der Waals surface area contributed by atoms with Gasteiger partial charge in [0, 0.05) is 22.8 Å². The number of aromatic nitrogens is 1. The minimum atomic E-state index is 0.787. The second kappa shape index (κ2) is 4.37. The van der Waals surface area contributed by atoms with E-state index in [-0.39, 0.29) is 0 Å². The fourth-order valence-corrected chi connectivity index (χ4v) is 2.10. The predicted octanol–water partition coefficient (Wildman–Crippen LogP) is 3.52. The van der Waals surface area contributed by atoms with Crippen molar-refractivity contribution in [2.24, 2.45) is 0 Å². The normalized spacial score (nSPS) is 13.0. The van der Waals surface area contributed by atoms with Crippen LogP contribution in [0.25, 0.3) is 0 Å². The fourth-order valence-electron chi connectivity index (χ4n) is 1.86. The number of hydrogen-bond acceptors (Lipinski definition) is 3. The molecule has 1 N–H and O–H groups in total. The van der Waals surface area contributed by atoms with Crippen LogP contribution in [0.2, 0.25) is 0 Å². The number of nitrogens with one attached hydrogen (secondary N) is 1. The number of hydrogen-bond donors (Lipinski definition) is 1. The quantitative estimate of drug-likeness (QED) is 0.919. The van der Waals surface area contributed by atoms with Crippen molar-refractivity contribution in [3.8, 4) is 5.75 Å². The van der Waals surface area contributed by atoms with E-state index in [2.05, 4.69) is 32.3 Å². The predicted molar refractivity (Wildman–Crippen MR) is 70.9 cm³/mol. The van der Waals surface area contributed by atoms with Crippen LogP contribution < -0.4 is 10.1 Å².